The topological polar surface area (TPSA) is 111 Å². The summed E-state index contributed by atoms with van der Waals surface area (Å²) in [6.07, 6.45) is 0.994. The van der Waals surface area contributed by atoms with Crippen LogP contribution in [-0.2, 0) is 16.6 Å². The second-order valence-electron chi connectivity index (χ2n) is 7.63. The molecule has 0 aliphatic carbocycles. The van der Waals surface area contributed by atoms with E-state index in [1.165, 1.54) is 36.4 Å². The highest BCUT2D eigenvalue weighted by Gasteiger charge is 2.27. The average Bonchev–Trinajstić information content (AvgIpc) is 2.86. The molecule has 0 unspecified atom stereocenters. The van der Waals surface area contributed by atoms with Crippen LogP contribution < -0.4 is 9.62 Å². The summed E-state index contributed by atoms with van der Waals surface area (Å²) in [5.74, 6) is -1.50. The average molecular weight is 516 g/mol. The quantitative estimate of drug-likeness (QED) is 0.392. The summed E-state index contributed by atoms with van der Waals surface area (Å²) in [7, 11) is -4.21. The van der Waals surface area contributed by atoms with Crippen LogP contribution in [0, 0.1) is 17.1 Å². The number of nitrogens with zero attached hydrogens (tertiary/aromatic N) is 2. The number of nitriles is 1. The lowest BCUT2D eigenvalue weighted by atomic mass is 10.1. The standard InChI is InChI=1S/C25H23ClFN3O4S/c26-20-8-6-18(7-9-20)17-30(35(33,34)22-5-3-4-19(14-22)16-28)21-10-11-24(27)23(15-21)25(32)29-12-1-2-13-31/h3-11,14-15,31H,1-2,12-13,17H2,(H,29,32). The highest BCUT2D eigenvalue weighted by molar-refractivity contribution is 7.92. The molecule has 3 aromatic rings. The minimum Gasteiger partial charge on any atom is -0.396 e. The number of halogens is 2. The summed E-state index contributed by atoms with van der Waals surface area (Å²) < 4.78 is 42.9. The third-order valence-electron chi connectivity index (χ3n) is 5.14. The molecular weight excluding hydrogens is 493 g/mol. The van der Waals surface area contributed by atoms with Gasteiger partial charge in [0.2, 0.25) is 0 Å². The molecule has 1 amide bonds. The normalized spacial score (nSPS) is 11.0. The van der Waals surface area contributed by atoms with Crippen molar-refractivity contribution in [2.75, 3.05) is 17.5 Å². The van der Waals surface area contributed by atoms with Crippen molar-refractivity contribution in [3.63, 3.8) is 0 Å². The van der Waals surface area contributed by atoms with E-state index in [0.29, 0.717) is 23.4 Å². The first kappa shape index (κ1) is 26.2. The third-order valence-corrected chi connectivity index (χ3v) is 7.17. The Bertz CT molecular complexity index is 1340. The SMILES string of the molecule is N#Cc1cccc(S(=O)(=O)N(Cc2ccc(Cl)cc2)c2ccc(F)c(C(=O)NCCCCO)c2)c1. The van der Waals surface area contributed by atoms with E-state index in [1.54, 1.807) is 24.3 Å². The monoisotopic (exact) mass is 515 g/mol. The van der Waals surface area contributed by atoms with Crippen LogP contribution in [0.25, 0.3) is 0 Å². The third kappa shape index (κ3) is 6.57. The first-order chi connectivity index (χ1) is 16.8. The Hall–Kier alpha value is -3.45. The van der Waals surface area contributed by atoms with E-state index in [-0.39, 0.29) is 41.4 Å². The van der Waals surface area contributed by atoms with E-state index >= 15 is 0 Å². The number of nitrogens with one attached hydrogen (secondary N) is 1. The van der Waals surface area contributed by atoms with E-state index in [0.717, 1.165) is 10.4 Å². The molecule has 182 valence electrons. The smallest absolute Gasteiger partial charge is 0.264 e. The predicted molar refractivity (Wildman–Crippen MR) is 131 cm³/mol. The Labute approximate surface area is 208 Å². The maximum absolute atomic E-state index is 14.5. The summed E-state index contributed by atoms with van der Waals surface area (Å²) in [6.45, 7) is 0.0838. The maximum Gasteiger partial charge on any atom is 0.264 e. The zero-order chi connectivity index (χ0) is 25.4. The van der Waals surface area contributed by atoms with Crippen molar-refractivity contribution < 1.29 is 22.7 Å². The fourth-order valence-electron chi connectivity index (χ4n) is 3.30. The van der Waals surface area contributed by atoms with Gasteiger partial charge < -0.3 is 10.4 Å². The number of anilines is 1. The zero-order valence-electron chi connectivity index (χ0n) is 18.6. The van der Waals surface area contributed by atoms with Crippen LogP contribution in [0.5, 0.6) is 0 Å². The zero-order valence-corrected chi connectivity index (χ0v) is 20.2. The van der Waals surface area contributed by atoms with Crippen molar-refractivity contribution >= 4 is 33.2 Å². The lowest BCUT2D eigenvalue weighted by Gasteiger charge is -2.25. The Kier molecular flexibility index (Phi) is 8.82. The summed E-state index contributed by atoms with van der Waals surface area (Å²) in [5, 5.41) is 21.1. The predicted octanol–water partition coefficient (Wildman–Crippen LogP) is 4.25. The second-order valence-corrected chi connectivity index (χ2v) is 9.93. The summed E-state index contributed by atoms with van der Waals surface area (Å²) in [4.78, 5) is 12.4. The van der Waals surface area contributed by atoms with Gasteiger partial charge in [0.15, 0.2) is 0 Å². The summed E-state index contributed by atoms with van der Waals surface area (Å²) in [5.41, 5.74) is 0.533. The highest BCUT2D eigenvalue weighted by Crippen LogP contribution is 2.28. The van der Waals surface area contributed by atoms with E-state index in [1.807, 2.05) is 6.07 Å². The Morgan fingerprint density at radius 3 is 2.51 bits per heavy atom. The number of amides is 1. The molecule has 0 heterocycles. The van der Waals surface area contributed by atoms with Crippen molar-refractivity contribution in [2.24, 2.45) is 0 Å². The molecule has 0 radical (unpaired) electrons. The van der Waals surface area contributed by atoms with Gasteiger partial charge in [-0.3, -0.25) is 9.10 Å². The Balaban J connectivity index is 2.04. The molecule has 0 fully saturated rings. The Morgan fingerprint density at radius 2 is 1.83 bits per heavy atom. The highest BCUT2D eigenvalue weighted by atomic mass is 35.5. The lowest BCUT2D eigenvalue weighted by Crippen LogP contribution is -2.31. The number of unbranched alkanes of at least 4 members (excludes halogenated alkanes) is 1. The van der Waals surface area contributed by atoms with Gasteiger partial charge in [-0.1, -0.05) is 29.8 Å². The van der Waals surface area contributed by atoms with E-state index in [2.05, 4.69) is 5.32 Å². The number of aliphatic hydroxyl groups is 1. The molecule has 3 rings (SSSR count). The van der Waals surface area contributed by atoms with Gasteiger partial charge in [0.1, 0.15) is 5.82 Å². The van der Waals surface area contributed by atoms with E-state index in [4.69, 9.17) is 16.7 Å². The molecule has 10 heteroatoms. The molecule has 0 atom stereocenters. The number of sulfonamides is 1. The number of carbonyl (C=O) groups excluding carboxylic acids is 1. The fraction of sp³-hybridized carbons (Fsp3) is 0.200. The maximum atomic E-state index is 14.5. The molecule has 0 saturated carbocycles. The van der Waals surface area contributed by atoms with Gasteiger partial charge >= 0.3 is 0 Å². The van der Waals surface area contributed by atoms with Crippen LogP contribution in [0.1, 0.15) is 34.3 Å². The molecule has 35 heavy (non-hydrogen) atoms. The first-order valence-electron chi connectivity index (χ1n) is 10.7. The molecular formula is C25H23ClFN3O4S. The van der Waals surface area contributed by atoms with Crippen LogP contribution in [0.2, 0.25) is 5.02 Å². The minimum atomic E-state index is -4.21. The van der Waals surface area contributed by atoms with Gasteiger partial charge in [-0.2, -0.15) is 5.26 Å². The molecule has 7 nitrogen and oxygen atoms in total. The first-order valence-corrected chi connectivity index (χ1v) is 12.5. The molecule has 0 aromatic heterocycles. The van der Waals surface area contributed by atoms with Crippen LogP contribution in [0.4, 0.5) is 10.1 Å². The number of carbonyl (C=O) groups is 1. The molecule has 3 aromatic carbocycles. The lowest BCUT2D eigenvalue weighted by molar-refractivity contribution is 0.0948. The largest absolute Gasteiger partial charge is 0.396 e. The summed E-state index contributed by atoms with van der Waals surface area (Å²) >= 11 is 5.96. The second kappa shape index (κ2) is 11.8. The Morgan fingerprint density at radius 1 is 1.09 bits per heavy atom. The number of hydrogen-bond acceptors (Lipinski definition) is 5. The van der Waals surface area contributed by atoms with Crippen LogP contribution in [0.15, 0.2) is 71.6 Å². The molecule has 0 aliphatic rings. The van der Waals surface area contributed by atoms with Crippen LogP contribution >= 0.6 is 11.6 Å². The van der Waals surface area contributed by atoms with Crippen molar-refractivity contribution in [1.82, 2.24) is 5.32 Å². The van der Waals surface area contributed by atoms with E-state index < -0.39 is 21.7 Å². The minimum absolute atomic E-state index is 0.0236. The van der Waals surface area contributed by atoms with Gasteiger partial charge in [0.05, 0.1) is 34.3 Å². The van der Waals surface area contributed by atoms with Crippen LogP contribution in [-0.4, -0.2) is 32.6 Å². The van der Waals surface area contributed by atoms with Crippen LogP contribution in [0.3, 0.4) is 0 Å². The number of rotatable bonds is 10. The number of benzene rings is 3. The van der Waals surface area contributed by atoms with Crippen molar-refractivity contribution in [3.8, 4) is 6.07 Å². The van der Waals surface area contributed by atoms with Gasteiger partial charge in [-0.25, -0.2) is 12.8 Å². The molecule has 0 aliphatic heterocycles. The van der Waals surface area contributed by atoms with Crippen molar-refractivity contribution in [1.29, 1.82) is 5.26 Å². The van der Waals surface area contributed by atoms with Gasteiger partial charge in [-0.15, -0.1) is 0 Å². The molecule has 0 spiro atoms. The fourth-order valence-corrected chi connectivity index (χ4v) is 4.92. The van der Waals surface area contributed by atoms with E-state index in [9.17, 15) is 22.9 Å². The number of hydrogen-bond donors (Lipinski definition) is 2. The van der Waals surface area contributed by atoms with Crippen molar-refractivity contribution in [3.05, 3.63) is 94.3 Å². The molecule has 0 saturated heterocycles. The van der Waals surface area contributed by atoms with Gasteiger partial charge in [-0.05, 0) is 66.9 Å². The summed E-state index contributed by atoms with van der Waals surface area (Å²) in [6, 6.07) is 17.5. The molecule has 0 bridgehead atoms. The van der Waals surface area contributed by atoms with Gasteiger partial charge in [0, 0.05) is 18.2 Å². The molecule has 2 N–H and O–H groups in total. The van der Waals surface area contributed by atoms with Gasteiger partial charge in [0.25, 0.3) is 15.9 Å². The number of aliphatic hydroxyl groups excluding tert-OH is 1. The van der Waals surface area contributed by atoms with Crippen molar-refractivity contribution in [2.45, 2.75) is 24.3 Å².